The van der Waals surface area contributed by atoms with Crippen LogP contribution in [-0.2, 0) is 17.8 Å². The van der Waals surface area contributed by atoms with Gasteiger partial charge in [0, 0.05) is 32.0 Å². The molecule has 8 nitrogen and oxygen atoms in total. The Bertz CT molecular complexity index is 1060. The van der Waals surface area contributed by atoms with Crippen LogP contribution in [0, 0.1) is 0 Å². The Labute approximate surface area is 154 Å². The van der Waals surface area contributed by atoms with Crippen molar-refractivity contribution in [2.75, 3.05) is 7.05 Å². The average Bonchev–Trinajstić information content (AvgIpc) is 3.35. The van der Waals surface area contributed by atoms with Crippen molar-refractivity contribution in [3.63, 3.8) is 0 Å². The van der Waals surface area contributed by atoms with Crippen LogP contribution in [0.3, 0.4) is 0 Å². The van der Waals surface area contributed by atoms with E-state index in [1.54, 1.807) is 11.9 Å². The molecule has 0 atom stereocenters. The van der Waals surface area contributed by atoms with E-state index >= 15 is 0 Å². The van der Waals surface area contributed by atoms with Gasteiger partial charge in [0.25, 0.3) is 0 Å². The van der Waals surface area contributed by atoms with E-state index in [1.807, 2.05) is 48.5 Å². The smallest absolute Gasteiger partial charge is 0.227 e. The molecule has 27 heavy (non-hydrogen) atoms. The Morgan fingerprint density at radius 1 is 1.04 bits per heavy atom. The van der Waals surface area contributed by atoms with Gasteiger partial charge < -0.3 is 9.42 Å². The first-order valence-electron chi connectivity index (χ1n) is 8.52. The second-order valence-electron chi connectivity index (χ2n) is 6.21. The first-order valence-corrected chi connectivity index (χ1v) is 8.52. The molecule has 2 aromatic carbocycles. The number of nitrogens with zero attached hydrogens (tertiary/aromatic N) is 5. The molecule has 0 unspecified atom stereocenters. The SMILES string of the molecule is CN(Cc1ccc2nonc2c1)C(=O)CCc1nc(-c2ccccc2)no1. The topological polar surface area (TPSA) is 98.2 Å². The van der Waals surface area contributed by atoms with Gasteiger partial charge in [0.05, 0.1) is 0 Å². The van der Waals surface area contributed by atoms with Gasteiger partial charge in [-0.15, -0.1) is 0 Å². The molecular formula is C19H17N5O3. The van der Waals surface area contributed by atoms with Crippen LogP contribution in [0.25, 0.3) is 22.4 Å². The Morgan fingerprint density at radius 2 is 1.85 bits per heavy atom. The normalized spacial score (nSPS) is 11.0. The minimum atomic E-state index is -0.00663. The summed E-state index contributed by atoms with van der Waals surface area (Å²) in [6, 6.07) is 15.2. The van der Waals surface area contributed by atoms with E-state index in [4.69, 9.17) is 4.52 Å². The van der Waals surface area contributed by atoms with Crippen molar-refractivity contribution in [2.45, 2.75) is 19.4 Å². The van der Waals surface area contributed by atoms with Crippen molar-refractivity contribution in [3.8, 4) is 11.4 Å². The molecule has 1 amide bonds. The van der Waals surface area contributed by atoms with Gasteiger partial charge >= 0.3 is 0 Å². The molecule has 8 heteroatoms. The highest BCUT2D eigenvalue weighted by Gasteiger charge is 2.14. The van der Waals surface area contributed by atoms with Gasteiger partial charge in [0.2, 0.25) is 17.6 Å². The summed E-state index contributed by atoms with van der Waals surface area (Å²) in [6.45, 7) is 0.473. The molecule has 0 saturated heterocycles. The number of carbonyl (C=O) groups excluding carboxylic acids is 1. The zero-order chi connectivity index (χ0) is 18.6. The van der Waals surface area contributed by atoms with Crippen LogP contribution in [0.2, 0.25) is 0 Å². The lowest BCUT2D eigenvalue weighted by molar-refractivity contribution is -0.130. The molecule has 0 N–H and O–H groups in total. The maximum Gasteiger partial charge on any atom is 0.227 e. The van der Waals surface area contributed by atoms with Gasteiger partial charge in [0.1, 0.15) is 11.0 Å². The summed E-state index contributed by atoms with van der Waals surface area (Å²) in [5, 5.41) is 11.6. The Kier molecular flexibility index (Phi) is 4.61. The number of hydrogen-bond acceptors (Lipinski definition) is 7. The number of rotatable bonds is 6. The molecule has 0 saturated carbocycles. The highest BCUT2D eigenvalue weighted by molar-refractivity contribution is 5.77. The van der Waals surface area contributed by atoms with Crippen LogP contribution in [-0.4, -0.2) is 38.3 Å². The van der Waals surface area contributed by atoms with E-state index in [1.165, 1.54) is 0 Å². The Balaban J connectivity index is 1.34. The molecule has 0 fully saturated rings. The van der Waals surface area contributed by atoms with Gasteiger partial charge in [-0.1, -0.05) is 41.6 Å². The molecule has 0 aliphatic rings. The summed E-state index contributed by atoms with van der Waals surface area (Å²) in [5.74, 6) is 0.972. The number of amides is 1. The van der Waals surface area contributed by atoms with Crippen molar-refractivity contribution < 1.29 is 13.9 Å². The van der Waals surface area contributed by atoms with Gasteiger partial charge in [-0.25, -0.2) is 4.63 Å². The molecule has 2 heterocycles. The molecule has 136 valence electrons. The highest BCUT2D eigenvalue weighted by Crippen LogP contribution is 2.16. The monoisotopic (exact) mass is 363 g/mol. The summed E-state index contributed by atoms with van der Waals surface area (Å²) in [6.07, 6.45) is 0.690. The van der Waals surface area contributed by atoms with Gasteiger partial charge in [-0.2, -0.15) is 4.98 Å². The Hall–Kier alpha value is -3.55. The van der Waals surface area contributed by atoms with Crippen LogP contribution in [0.15, 0.2) is 57.7 Å². The molecule has 4 rings (SSSR count). The lowest BCUT2D eigenvalue weighted by Gasteiger charge is -2.16. The van der Waals surface area contributed by atoms with Gasteiger partial charge in [-0.3, -0.25) is 4.79 Å². The van der Waals surface area contributed by atoms with E-state index in [0.29, 0.717) is 42.1 Å². The van der Waals surface area contributed by atoms with E-state index in [-0.39, 0.29) is 5.91 Å². The third-order valence-corrected chi connectivity index (χ3v) is 4.22. The Morgan fingerprint density at radius 3 is 2.70 bits per heavy atom. The van der Waals surface area contributed by atoms with Crippen molar-refractivity contribution in [1.82, 2.24) is 25.4 Å². The van der Waals surface area contributed by atoms with Crippen molar-refractivity contribution in [1.29, 1.82) is 0 Å². The van der Waals surface area contributed by atoms with Crippen molar-refractivity contribution >= 4 is 16.9 Å². The van der Waals surface area contributed by atoms with Gasteiger partial charge in [0.15, 0.2) is 0 Å². The minimum absolute atomic E-state index is 0.00663. The average molecular weight is 363 g/mol. The molecule has 0 aliphatic heterocycles. The van der Waals surface area contributed by atoms with Crippen LogP contribution in [0.5, 0.6) is 0 Å². The lowest BCUT2D eigenvalue weighted by Crippen LogP contribution is -2.26. The third kappa shape index (κ3) is 3.84. The lowest BCUT2D eigenvalue weighted by atomic mass is 10.2. The number of hydrogen-bond donors (Lipinski definition) is 0. The van der Waals surface area contributed by atoms with Crippen LogP contribution in [0.4, 0.5) is 0 Å². The molecular weight excluding hydrogens is 346 g/mol. The van der Waals surface area contributed by atoms with Crippen LogP contribution < -0.4 is 0 Å². The second-order valence-corrected chi connectivity index (χ2v) is 6.21. The summed E-state index contributed by atoms with van der Waals surface area (Å²) in [7, 11) is 1.76. The highest BCUT2D eigenvalue weighted by atomic mass is 16.6. The molecule has 0 spiro atoms. The quantitative estimate of drug-likeness (QED) is 0.519. The predicted molar refractivity (Wildman–Crippen MR) is 96.3 cm³/mol. The predicted octanol–water partition coefficient (Wildman–Crippen LogP) is 2.86. The van der Waals surface area contributed by atoms with Crippen LogP contribution >= 0.6 is 0 Å². The van der Waals surface area contributed by atoms with E-state index < -0.39 is 0 Å². The number of fused-ring (bicyclic) bond motifs is 1. The molecule has 0 radical (unpaired) electrons. The maximum atomic E-state index is 12.4. The third-order valence-electron chi connectivity index (χ3n) is 4.22. The summed E-state index contributed by atoms with van der Waals surface area (Å²) in [4.78, 5) is 18.4. The molecule has 4 aromatic rings. The summed E-state index contributed by atoms with van der Waals surface area (Å²) >= 11 is 0. The zero-order valence-corrected chi connectivity index (χ0v) is 14.7. The van der Waals surface area contributed by atoms with Crippen molar-refractivity contribution in [3.05, 3.63) is 60.0 Å². The molecule has 0 aliphatic carbocycles. The number of aromatic nitrogens is 4. The van der Waals surface area contributed by atoms with Crippen molar-refractivity contribution in [2.24, 2.45) is 0 Å². The standard InChI is InChI=1S/C19H17N5O3/c1-24(12-13-7-8-15-16(11-13)22-27-21-15)18(25)10-9-17-20-19(23-26-17)14-5-3-2-4-6-14/h2-8,11H,9-10,12H2,1H3. The number of carbonyl (C=O) groups is 1. The fourth-order valence-corrected chi connectivity index (χ4v) is 2.75. The summed E-state index contributed by atoms with van der Waals surface area (Å²) < 4.78 is 9.94. The zero-order valence-electron chi connectivity index (χ0n) is 14.7. The van der Waals surface area contributed by atoms with Gasteiger partial charge in [-0.05, 0) is 28.0 Å². The minimum Gasteiger partial charge on any atom is -0.341 e. The molecule has 0 bridgehead atoms. The van der Waals surface area contributed by atoms with E-state index in [9.17, 15) is 4.79 Å². The fraction of sp³-hybridized carbons (Fsp3) is 0.211. The molecule has 2 aromatic heterocycles. The first-order chi connectivity index (χ1) is 13.2. The van der Waals surface area contributed by atoms with E-state index in [2.05, 4.69) is 25.1 Å². The first kappa shape index (κ1) is 16.9. The fourth-order valence-electron chi connectivity index (χ4n) is 2.75. The van der Waals surface area contributed by atoms with Crippen LogP contribution in [0.1, 0.15) is 17.9 Å². The second kappa shape index (κ2) is 7.36. The maximum absolute atomic E-state index is 12.4. The number of aryl methyl sites for hydroxylation is 1. The van der Waals surface area contributed by atoms with E-state index in [0.717, 1.165) is 11.1 Å². The largest absolute Gasteiger partial charge is 0.341 e. The number of benzene rings is 2. The summed E-state index contributed by atoms with van der Waals surface area (Å²) in [5.41, 5.74) is 3.21.